The molecule has 1 N–H and O–H groups in total. The molecule has 2 fully saturated rings. The number of hydrogen-bond acceptors (Lipinski definition) is 3. The van der Waals surface area contributed by atoms with E-state index in [-0.39, 0.29) is 5.91 Å². The van der Waals surface area contributed by atoms with Crippen molar-refractivity contribution in [1.29, 1.82) is 0 Å². The maximum atomic E-state index is 13.4. The van der Waals surface area contributed by atoms with Crippen LogP contribution in [0.5, 0.6) is 0 Å². The number of amides is 1. The highest BCUT2D eigenvalue weighted by Gasteiger charge is 2.30. The minimum absolute atomic E-state index is 0.172. The van der Waals surface area contributed by atoms with Gasteiger partial charge in [-0.05, 0) is 44.4 Å². The fourth-order valence-electron chi connectivity index (χ4n) is 3.71. The summed E-state index contributed by atoms with van der Waals surface area (Å²) in [5.74, 6) is 0.722. The van der Waals surface area contributed by atoms with Crippen LogP contribution in [0, 0.1) is 0 Å². The molecule has 24 heavy (non-hydrogen) atoms. The summed E-state index contributed by atoms with van der Waals surface area (Å²) >= 11 is 0. The molecule has 4 rings (SSSR count). The van der Waals surface area contributed by atoms with Gasteiger partial charge < -0.3 is 10.2 Å². The van der Waals surface area contributed by atoms with Crippen molar-refractivity contribution in [3.8, 4) is 0 Å². The monoisotopic (exact) mass is 323 g/mol. The van der Waals surface area contributed by atoms with Gasteiger partial charge >= 0.3 is 0 Å². The average molecular weight is 323 g/mol. The maximum Gasteiger partial charge on any atom is 0.254 e. The average Bonchev–Trinajstić information content (AvgIpc) is 3.33. The van der Waals surface area contributed by atoms with Crippen molar-refractivity contribution in [2.24, 2.45) is 0 Å². The zero-order valence-corrected chi connectivity index (χ0v) is 14.3. The summed E-state index contributed by atoms with van der Waals surface area (Å²) in [5, 5.41) is 4.37. The first-order chi connectivity index (χ1) is 11.8. The van der Waals surface area contributed by atoms with Crippen LogP contribution in [-0.4, -0.2) is 41.5 Å². The second-order valence-electron chi connectivity index (χ2n) is 7.03. The predicted molar refractivity (Wildman–Crippen MR) is 96.3 cm³/mol. The van der Waals surface area contributed by atoms with Crippen LogP contribution in [0.1, 0.15) is 54.6 Å². The third kappa shape index (κ3) is 2.91. The van der Waals surface area contributed by atoms with Gasteiger partial charge in [0.1, 0.15) is 0 Å². The number of carbonyl (C=O) groups excluding carboxylic acids is 1. The number of para-hydroxylation sites is 1. The van der Waals surface area contributed by atoms with Crippen LogP contribution in [0.15, 0.2) is 30.3 Å². The minimum atomic E-state index is 0.172. The Morgan fingerprint density at radius 2 is 2.12 bits per heavy atom. The highest BCUT2D eigenvalue weighted by Crippen LogP contribution is 2.40. The number of carbonyl (C=O) groups is 1. The minimum Gasteiger partial charge on any atom is -0.334 e. The van der Waals surface area contributed by atoms with E-state index in [0.29, 0.717) is 12.0 Å². The van der Waals surface area contributed by atoms with E-state index in [0.717, 1.165) is 54.6 Å². The van der Waals surface area contributed by atoms with E-state index < -0.39 is 0 Å². The highest BCUT2D eigenvalue weighted by molar-refractivity contribution is 6.06. The summed E-state index contributed by atoms with van der Waals surface area (Å²) in [4.78, 5) is 20.3. The van der Waals surface area contributed by atoms with Crippen LogP contribution in [-0.2, 0) is 0 Å². The van der Waals surface area contributed by atoms with Crippen LogP contribution < -0.4 is 5.32 Å². The lowest BCUT2D eigenvalue weighted by Crippen LogP contribution is -2.42. The molecule has 1 aliphatic heterocycles. The third-order valence-corrected chi connectivity index (χ3v) is 5.16. The largest absolute Gasteiger partial charge is 0.334 e. The summed E-state index contributed by atoms with van der Waals surface area (Å²) in [6.45, 7) is 4.87. The molecule has 2 heterocycles. The molecule has 0 radical (unpaired) electrons. The molecule has 1 aromatic heterocycles. The Balaban J connectivity index is 1.76. The summed E-state index contributed by atoms with van der Waals surface area (Å²) in [7, 11) is 0. The molecule has 4 nitrogen and oxygen atoms in total. The molecular weight excluding hydrogens is 298 g/mol. The molecule has 1 saturated heterocycles. The van der Waals surface area contributed by atoms with E-state index >= 15 is 0 Å². The van der Waals surface area contributed by atoms with Crippen molar-refractivity contribution in [3.63, 3.8) is 0 Å². The van der Waals surface area contributed by atoms with Gasteiger partial charge in [-0.3, -0.25) is 9.78 Å². The lowest BCUT2D eigenvalue weighted by molar-refractivity contribution is 0.0694. The summed E-state index contributed by atoms with van der Waals surface area (Å²) in [6.07, 6.45) is 4.43. The number of rotatable bonds is 5. The standard InChI is InChI=1S/C20H25N3O/c1-2-11-23(15-9-10-21-13-15)20(24)17-12-19(14-7-8-14)22-18-6-4-3-5-16(17)18/h3-6,12,14-15,21H,2,7-11,13H2,1H3. The van der Waals surface area contributed by atoms with E-state index in [1.165, 1.54) is 12.8 Å². The summed E-state index contributed by atoms with van der Waals surface area (Å²) in [5.41, 5.74) is 2.88. The second kappa shape index (κ2) is 6.52. The first-order valence-electron chi connectivity index (χ1n) is 9.19. The van der Waals surface area contributed by atoms with Crippen molar-refractivity contribution >= 4 is 16.8 Å². The molecule has 1 atom stereocenters. The Kier molecular flexibility index (Phi) is 4.23. The molecule has 1 amide bonds. The van der Waals surface area contributed by atoms with Crippen molar-refractivity contribution in [2.45, 2.75) is 44.6 Å². The molecule has 2 aliphatic rings. The molecule has 0 bridgehead atoms. The van der Waals surface area contributed by atoms with Crippen LogP contribution in [0.25, 0.3) is 10.9 Å². The smallest absolute Gasteiger partial charge is 0.254 e. The van der Waals surface area contributed by atoms with Gasteiger partial charge in [-0.15, -0.1) is 0 Å². The molecule has 1 aliphatic carbocycles. The zero-order valence-electron chi connectivity index (χ0n) is 14.3. The van der Waals surface area contributed by atoms with E-state index in [9.17, 15) is 4.79 Å². The molecule has 1 saturated carbocycles. The van der Waals surface area contributed by atoms with Gasteiger partial charge in [0, 0.05) is 36.1 Å². The SMILES string of the molecule is CCCN(C(=O)c1cc(C2CC2)nc2ccccc12)C1CCNC1. The van der Waals surface area contributed by atoms with Gasteiger partial charge in [0.25, 0.3) is 5.91 Å². The van der Waals surface area contributed by atoms with Crippen molar-refractivity contribution in [3.05, 3.63) is 41.6 Å². The number of fused-ring (bicyclic) bond motifs is 1. The predicted octanol–water partition coefficient (Wildman–Crippen LogP) is 3.33. The summed E-state index contributed by atoms with van der Waals surface area (Å²) in [6, 6.07) is 10.4. The van der Waals surface area contributed by atoms with Gasteiger partial charge in [0.2, 0.25) is 0 Å². The van der Waals surface area contributed by atoms with Crippen LogP contribution >= 0.6 is 0 Å². The fraction of sp³-hybridized carbons (Fsp3) is 0.500. The van der Waals surface area contributed by atoms with Gasteiger partial charge in [-0.25, -0.2) is 0 Å². The second-order valence-corrected chi connectivity index (χ2v) is 7.03. The van der Waals surface area contributed by atoms with Crippen molar-refractivity contribution in [1.82, 2.24) is 15.2 Å². The quantitative estimate of drug-likeness (QED) is 0.918. The summed E-state index contributed by atoms with van der Waals surface area (Å²) < 4.78 is 0. The van der Waals surface area contributed by atoms with E-state index in [2.05, 4.69) is 23.2 Å². The molecular formula is C20H25N3O. The lowest BCUT2D eigenvalue weighted by atomic mass is 10.0. The van der Waals surface area contributed by atoms with Crippen molar-refractivity contribution < 1.29 is 4.79 Å². The maximum absolute atomic E-state index is 13.4. The number of aromatic nitrogens is 1. The van der Waals surface area contributed by atoms with Gasteiger partial charge in [0.05, 0.1) is 11.1 Å². The van der Waals surface area contributed by atoms with Crippen LogP contribution in [0.3, 0.4) is 0 Å². The third-order valence-electron chi connectivity index (χ3n) is 5.16. The molecule has 1 aromatic carbocycles. The van der Waals surface area contributed by atoms with Gasteiger partial charge in [-0.2, -0.15) is 0 Å². The van der Waals surface area contributed by atoms with Gasteiger partial charge in [0.15, 0.2) is 0 Å². The Hall–Kier alpha value is -1.94. The Bertz CT molecular complexity index is 748. The molecule has 126 valence electrons. The Morgan fingerprint density at radius 3 is 2.83 bits per heavy atom. The topological polar surface area (TPSA) is 45.2 Å². The first kappa shape index (κ1) is 15.6. The van der Waals surface area contributed by atoms with Gasteiger partial charge in [-0.1, -0.05) is 25.1 Å². The Labute approximate surface area is 143 Å². The van der Waals surface area contributed by atoms with E-state index in [4.69, 9.17) is 4.98 Å². The lowest BCUT2D eigenvalue weighted by Gasteiger charge is -2.29. The number of benzene rings is 1. The van der Waals surface area contributed by atoms with Crippen LogP contribution in [0.2, 0.25) is 0 Å². The molecule has 4 heteroatoms. The normalized spacial score (nSPS) is 20.5. The molecule has 1 unspecified atom stereocenters. The van der Waals surface area contributed by atoms with Crippen LogP contribution in [0.4, 0.5) is 0 Å². The number of nitrogens with one attached hydrogen (secondary N) is 1. The van der Waals surface area contributed by atoms with E-state index in [1.807, 2.05) is 24.3 Å². The number of hydrogen-bond donors (Lipinski definition) is 1. The fourth-order valence-corrected chi connectivity index (χ4v) is 3.71. The molecule has 0 spiro atoms. The number of nitrogens with zero attached hydrogens (tertiary/aromatic N) is 2. The van der Waals surface area contributed by atoms with E-state index in [1.54, 1.807) is 0 Å². The Morgan fingerprint density at radius 1 is 1.29 bits per heavy atom. The number of pyridine rings is 1. The first-order valence-corrected chi connectivity index (χ1v) is 9.19. The van der Waals surface area contributed by atoms with Crippen molar-refractivity contribution in [2.75, 3.05) is 19.6 Å². The highest BCUT2D eigenvalue weighted by atomic mass is 16.2. The zero-order chi connectivity index (χ0) is 16.5. The molecule has 2 aromatic rings.